The summed E-state index contributed by atoms with van der Waals surface area (Å²) in [6, 6.07) is 0. The molecule has 4 heteroatoms. The molecule has 0 heterocycles. The van der Waals surface area contributed by atoms with Gasteiger partial charge in [-0.1, -0.05) is 20.1 Å². The Balaban J connectivity index is 3.65. The highest BCUT2D eigenvalue weighted by Crippen LogP contribution is 2.11. The third kappa shape index (κ3) is 10.3. The standard InChI is InChI=1S/C15H27NO3/c1-6-15(16)19-10-12(3)8-9-13(4)18-11-14(5)17-7-2/h6-7,12-14,16H,1-2,8-11H2,3-5H3. The molecule has 0 aromatic heterocycles. The van der Waals surface area contributed by atoms with Gasteiger partial charge in [0.2, 0.25) is 5.90 Å². The van der Waals surface area contributed by atoms with Crippen LogP contribution in [0, 0.1) is 11.3 Å². The molecule has 3 atom stereocenters. The average molecular weight is 269 g/mol. The minimum Gasteiger partial charge on any atom is -0.497 e. The van der Waals surface area contributed by atoms with Crippen LogP contribution in [0.3, 0.4) is 0 Å². The van der Waals surface area contributed by atoms with E-state index in [0.29, 0.717) is 19.1 Å². The van der Waals surface area contributed by atoms with Crippen molar-refractivity contribution < 1.29 is 14.2 Å². The summed E-state index contributed by atoms with van der Waals surface area (Å²) < 4.78 is 16.1. The maximum Gasteiger partial charge on any atom is 0.205 e. The van der Waals surface area contributed by atoms with Gasteiger partial charge in [-0.05, 0) is 38.7 Å². The molecule has 0 bridgehead atoms. The van der Waals surface area contributed by atoms with Crippen LogP contribution in [0.15, 0.2) is 25.5 Å². The van der Waals surface area contributed by atoms with Gasteiger partial charge in [0, 0.05) is 0 Å². The highest BCUT2D eigenvalue weighted by molar-refractivity contribution is 5.83. The van der Waals surface area contributed by atoms with Gasteiger partial charge in [0.05, 0.1) is 25.6 Å². The fraction of sp³-hybridized carbons (Fsp3) is 0.667. The average Bonchev–Trinajstić information content (AvgIpc) is 2.40. The van der Waals surface area contributed by atoms with E-state index in [9.17, 15) is 0 Å². The van der Waals surface area contributed by atoms with Gasteiger partial charge in [-0.25, -0.2) is 0 Å². The minimum atomic E-state index is 0.0359. The molecule has 0 rings (SSSR count). The summed E-state index contributed by atoms with van der Waals surface area (Å²) in [7, 11) is 0. The van der Waals surface area contributed by atoms with E-state index < -0.39 is 0 Å². The highest BCUT2D eigenvalue weighted by atomic mass is 16.5. The van der Waals surface area contributed by atoms with Crippen molar-refractivity contribution in [3.05, 3.63) is 25.5 Å². The molecule has 0 amide bonds. The zero-order valence-corrected chi connectivity index (χ0v) is 12.4. The van der Waals surface area contributed by atoms with Crippen LogP contribution in [0.25, 0.3) is 0 Å². The Labute approximate surface area is 116 Å². The predicted molar refractivity (Wildman–Crippen MR) is 78.4 cm³/mol. The van der Waals surface area contributed by atoms with Crippen molar-refractivity contribution in [1.29, 1.82) is 5.41 Å². The van der Waals surface area contributed by atoms with E-state index in [0.717, 1.165) is 12.8 Å². The summed E-state index contributed by atoms with van der Waals surface area (Å²) in [5.74, 6) is 0.528. The smallest absolute Gasteiger partial charge is 0.205 e. The first kappa shape index (κ1) is 17.7. The number of nitrogens with one attached hydrogen (secondary N) is 1. The summed E-state index contributed by atoms with van der Waals surface area (Å²) in [4.78, 5) is 0. The van der Waals surface area contributed by atoms with Crippen molar-refractivity contribution >= 4 is 5.90 Å². The lowest BCUT2D eigenvalue weighted by Gasteiger charge is -2.18. The molecule has 0 aromatic carbocycles. The van der Waals surface area contributed by atoms with E-state index in [-0.39, 0.29) is 18.1 Å². The van der Waals surface area contributed by atoms with Crippen molar-refractivity contribution in [2.45, 2.75) is 45.8 Å². The molecule has 0 saturated carbocycles. The molecule has 4 nitrogen and oxygen atoms in total. The Morgan fingerprint density at radius 1 is 1.11 bits per heavy atom. The second-order valence-corrected chi connectivity index (χ2v) is 4.82. The molecule has 0 spiro atoms. The molecule has 1 N–H and O–H groups in total. The Morgan fingerprint density at radius 2 is 1.79 bits per heavy atom. The summed E-state index contributed by atoms with van der Waals surface area (Å²) in [5, 5.41) is 7.31. The topological polar surface area (TPSA) is 51.5 Å². The van der Waals surface area contributed by atoms with E-state index in [1.165, 1.54) is 12.3 Å². The molecule has 3 unspecified atom stereocenters. The van der Waals surface area contributed by atoms with E-state index in [4.69, 9.17) is 19.6 Å². The number of hydrogen-bond acceptors (Lipinski definition) is 4. The predicted octanol–water partition coefficient (Wildman–Crippen LogP) is 3.54. The molecule has 0 fully saturated rings. The van der Waals surface area contributed by atoms with Crippen LogP contribution in [0.4, 0.5) is 0 Å². The first-order valence-corrected chi connectivity index (χ1v) is 6.71. The zero-order valence-electron chi connectivity index (χ0n) is 12.4. The zero-order chi connectivity index (χ0) is 14.7. The van der Waals surface area contributed by atoms with E-state index in [1.807, 2.05) is 6.92 Å². The first-order valence-electron chi connectivity index (χ1n) is 6.71. The minimum absolute atomic E-state index is 0.0359. The Bertz CT molecular complexity index is 279. The fourth-order valence-corrected chi connectivity index (χ4v) is 1.48. The Hall–Kier alpha value is -1.29. The second-order valence-electron chi connectivity index (χ2n) is 4.82. The van der Waals surface area contributed by atoms with Gasteiger partial charge in [-0.2, -0.15) is 0 Å². The van der Waals surface area contributed by atoms with Crippen molar-refractivity contribution in [3.63, 3.8) is 0 Å². The number of hydrogen-bond donors (Lipinski definition) is 1. The lowest BCUT2D eigenvalue weighted by atomic mass is 10.0. The SMILES string of the molecule is C=COC(C)COC(C)CCC(C)COC(=N)C=C. The van der Waals surface area contributed by atoms with Crippen LogP contribution < -0.4 is 0 Å². The highest BCUT2D eigenvalue weighted by Gasteiger charge is 2.10. The van der Waals surface area contributed by atoms with Crippen LogP contribution in [0.5, 0.6) is 0 Å². The third-order valence-electron chi connectivity index (χ3n) is 2.72. The van der Waals surface area contributed by atoms with Gasteiger partial charge >= 0.3 is 0 Å². The van der Waals surface area contributed by atoms with Gasteiger partial charge in [0.1, 0.15) is 6.10 Å². The van der Waals surface area contributed by atoms with Gasteiger partial charge in [-0.15, -0.1) is 0 Å². The Morgan fingerprint density at radius 3 is 2.37 bits per heavy atom. The van der Waals surface area contributed by atoms with Crippen molar-refractivity contribution in [2.75, 3.05) is 13.2 Å². The van der Waals surface area contributed by atoms with Crippen LogP contribution in [-0.2, 0) is 14.2 Å². The number of ether oxygens (including phenoxy) is 3. The molecular formula is C15H27NO3. The molecule has 0 aliphatic rings. The van der Waals surface area contributed by atoms with Crippen molar-refractivity contribution in [2.24, 2.45) is 5.92 Å². The second kappa shape index (κ2) is 10.6. The summed E-state index contributed by atoms with van der Waals surface area (Å²) >= 11 is 0. The fourth-order valence-electron chi connectivity index (χ4n) is 1.48. The quantitative estimate of drug-likeness (QED) is 0.354. The van der Waals surface area contributed by atoms with Crippen LogP contribution >= 0.6 is 0 Å². The maximum absolute atomic E-state index is 7.31. The molecule has 0 radical (unpaired) electrons. The van der Waals surface area contributed by atoms with Crippen LogP contribution in [-0.4, -0.2) is 31.3 Å². The van der Waals surface area contributed by atoms with Crippen molar-refractivity contribution in [3.8, 4) is 0 Å². The molecular weight excluding hydrogens is 242 g/mol. The van der Waals surface area contributed by atoms with Gasteiger partial charge in [0.15, 0.2) is 0 Å². The lowest BCUT2D eigenvalue weighted by Crippen LogP contribution is -2.20. The van der Waals surface area contributed by atoms with Gasteiger partial charge in [-0.3, -0.25) is 5.41 Å². The van der Waals surface area contributed by atoms with E-state index >= 15 is 0 Å². The maximum atomic E-state index is 7.31. The molecule has 0 aliphatic carbocycles. The summed E-state index contributed by atoms with van der Waals surface area (Å²) in [6.07, 6.45) is 5.03. The van der Waals surface area contributed by atoms with Crippen LogP contribution in [0.1, 0.15) is 33.6 Å². The van der Waals surface area contributed by atoms with Crippen LogP contribution in [0.2, 0.25) is 0 Å². The first-order chi connectivity index (χ1) is 8.99. The van der Waals surface area contributed by atoms with E-state index in [2.05, 4.69) is 27.0 Å². The molecule has 110 valence electrons. The normalized spacial score (nSPS) is 15.1. The molecule has 0 aliphatic heterocycles. The molecule has 19 heavy (non-hydrogen) atoms. The van der Waals surface area contributed by atoms with Gasteiger partial charge < -0.3 is 14.2 Å². The third-order valence-corrected chi connectivity index (χ3v) is 2.72. The van der Waals surface area contributed by atoms with E-state index in [1.54, 1.807) is 0 Å². The molecule has 0 aromatic rings. The largest absolute Gasteiger partial charge is 0.497 e. The number of rotatable bonds is 11. The summed E-state index contributed by atoms with van der Waals surface area (Å²) in [5.41, 5.74) is 0. The summed E-state index contributed by atoms with van der Waals surface area (Å²) in [6.45, 7) is 14.2. The monoisotopic (exact) mass is 269 g/mol. The lowest BCUT2D eigenvalue weighted by molar-refractivity contribution is -0.00592. The van der Waals surface area contributed by atoms with Crippen molar-refractivity contribution in [1.82, 2.24) is 0 Å². The van der Waals surface area contributed by atoms with Gasteiger partial charge in [0.25, 0.3) is 0 Å². The Kier molecular flexibility index (Phi) is 9.90. The molecule has 0 saturated heterocycles.